The molecular formula is C10H12N6O3. The van der Waals surface area contributed by atoms with E-state index in [-0.39, 0.29) is 36.1 Å². The van der Waals surface area contributed by atoms with Crippen LogP contribution in [0.1, 0.15) is 12.5 Å². The summed E-state index contributed by atoms with van der Waals surface area (Å²) in [6.45, 7) is 1.91. The summed E-state index contributed by atoms with van der Waals surface area (Å²) in [6.07, 6.45) is 1.05. The molecule has 0 saturated carbocycles. The summed E-state index contributed by atoms with van der Waals surface area (Å²) in [5, 5.41) is 6.19. The van der Waals surface area contributed by atoms with Crippen molar-refractivity contribution in [1.29, 1.82) is 0 Å². The Labute approximate surface area is 107 Å². The van der Waals surface area contributed by atoms with Crippen LogP contribution < -0.4 is 11.3 Å². The predicted octanol–water partition coefficient (Wildman–Crippen LogP) is -0.757. The Morgan fingerprint density at radius 2 is 2.26 bits per heavy atom. The van der Waals surface area contributed by atoms with Gasteiger partial charge in [0.2, 0.25) is 0 Å². The van der Waals surface area contributed by atoms with E-state index in [0.29, 0.717) is 0 Å². The lowest BCUT2D eigenvalue weighted by Crippen LogP contribution is -2.22. The minimum Gasteiger partial charge on any atom is -0.466 e. The fraction of sp³-hybridized carbons (Fsp3) is 0.300. The van der Waals surface area contributed by atoms with E-state index >= 15 is 0 Å². The number of carbonyl (C=O) groups is 1. The largest absolute Gasteiger partial charge is 0.466 e. The van der Waals surface area contributed by atoms with Crippen LogP contribution in [-0.4, -0.2) is 37.7 Å². The number of nitrogens with two attached hydrogens (primary N) is 1. The van der Waals surface area contributed by atoms with Crippen molar-refractivity contribution >= 4 is 11.8 Å². The number of nitrogen functional groups attached to an aromatic ring is 1. The van der Waals surface area contributed by atoms with Gasteiger partial charge in [-0.2, -0.15) is 5.10 Å². The van der Waals surface area contributed by atoms with Crippen LogP contribution in [-0.2, 0) is 16.0 Å². The molecule has 100 valence electrons. The highest BCUT2D eigenvalue weighted by atomic mass is 16.5. The third-order valence-electron chi connectivity index (χ3n) is 2.31. The maximum atomic E-state index is 11.9. The van der Waals surface area contributed by atoms with Crippen LogP contribution in [0.25, 0.3) is 11.6 Å². The summed E-state index contributed by atoms with van der Waals surface area (Å²) in [5.74, 6) is -0.129. The van der Waals surface area contributed by atoms with Crippen molar-refractivity contribution in [2.45, 2.75) is 13.3 Å². The SMILES string of the molecule is CCOC(=O)Cc1c(N)nc(-c2ncn[nH]2)[nH]c1=O. The van der Waals surface area contributed by atoms with Crippen LogP contribution in [0.3, 0.4) is 0 Å². The summed E-state index contributed by atoms with van der Waals surface area (Å²) in [7, 11) is 0. The van der Waals surface area contributed by atoms with Crippen molar-refractivity contribution in [2.75, 3.05) is 12.3 Å². The Bertz CT molecular complexity index is 633. The third kappa shape index (κ3) is 2.76. The van der Waals surface area contributed by atoms with Crippen LogP contribution in [0.2, 0.25) is 0 Å². The zero-order valence-electron chi connectivity index (χ0n) is 10.1. The number of aromatic amines is 2. The van der Waals surface area contributed by atoms with Crippen LogP contribution >= 0.6 is 0 Å². The molecule has 0 saturated heterocycles. The highest BCUT2D eigenvalue weighted by Gasteiger charge is 2.15. The molecule has 0 aromatic carbocycles. The van der Waals surface area contributed by atoms with Gasteiger partial charge in [-0.3, -0.25) is 14.7 Å². The van der Waals surface area contributed by atoms with Gasteiger partial charge in [0.25, 0.3) is 5.56 Å². The highest BCUT2D eigenvalue weighted by molar-refractivity contribution is 5.74. The van der Waals surface area contributed by atoms with Crippen LogP contribution in [0.15, 0.2) is 11.1 Å². The molecule has 0 bridgehead atoms. The normalized spacial score (nSPS) is 10.4. The van der Waals surface area contributed by atoms with Gasteiger partial charge in [-0.15, -0.1) is 0 Å². The summed E-state index contributed by atoms with van der Waals surface area (Å²) in [4.78, 5) is 33.5. The number of ether oxygens (including phenoxy) is 1. The number of aromatic nitrogens is 5. The van der Waals surface area contributed by atoms with Gasteiger partial charge in [-0.05, 0) is 6.92 Å². The fourth-order valence-electron chi connectivity index (χ4n) is 1.47. The van der Waals surface area contributed by atoms with Crippen molar-refractivity contribution < 1.29 is 9.53 Å². The monoisotopic (exact) mass is 264 g/mol. The second-order valence-electron chi connectivity index (χ2n) is 3.59. The molecule has 2 rings (SSSR count). The van der Waals surface area contributed by atoms with Gasteiger partial charge in [-0.25, -0.2) is 9.97 Å². The number of rotatable bonds is 4. The molecule has 9 heteroatoms. The van der Waals surface area contributed by atoms with E-state index < -0.39 is 11.5 Å². The third-order valence-corrected chi connectivity index (χ3v) is 2.31. The summed E-state index contributed by atoms with van der Waals surface area (Å²) in [6, 6.07) is 0. The number of anilines is 1. The average molecular weight is 264 g/mol. The average Bonchev–Trinajstić information content (AvgIpc) is 2.87. The molecule has 2 aromatic heterocycles. The molecule has 0 amide bonds. The number of esters is 1. The molecule has 0 aliphatic rings. The number of nitrogens with one attached hydrogen (secondary N) is 2. The first kappa shape index (κ1) is 12.7. The first-order valence-electron chi connectivity index (χ1n) is 5.51. The predicted molar refractivity (Wildman–Crippen MR) is 65.0 cm³/mol. The van der Waals surface area contributed by atoms with Gasteiger partial charge >= 0.3 is 5.97 Å². The van der Waals surface area contributed by atoms with Gasteiger partial charge in [0.1, 0.15) is 12.1 Å². The molecule has 0 aliphatic heterocycles. The quantitative estimate of drug-likeness (QED) is 0.616. The Balaban J connectivity index is 2.33. The summed E-state index contributed by atoms with van der Waals surface area (Å²) >= 11 is 0. The molecule has 2 heterocycles. The Hall–Kier alpha value is -2.71. The van der Waals surface area contributed by atoms with Crippen LogP contribution in [0.4, 0.5) is 5.82 Å². The molecule has 0 fully saturated rings. The van der Waals surface area contributed by atoms with Gasteiger partial charge < -0.3 is 15.5 Å². The van der Waals surface area contributed by atoms with Crippen molar-refractivity contribution in [3.63, 3.8) is 0 Å². The minimum atomic E-state index is -0.533. The minimum absolute atomic E-state index is 0.0387. The first-order valence-corrected chi connectivity index (χ1v) is 5.51. The van der Waals surface area contributed by atoms with E-state index in [2.05, 4.69) is 25.1 Å². The smallest absolute Gasteiger partial charge is 0.310 e. The molecule has 0 radical (unpaired) electrons. The van der Waals surface area contributed by atoms with Gasteiger partial charge in [0.15, 0.2) is 11.6 Å². The lowest BCUT2D eigenvalue weighted by atomic mass is 10.2. The summed E-state index contributed by atoms with van der Waals surface area (Å²) in [5.41, 5.74) is 5.24. The standard InChI is InChI=1S/C10H12N6O3/c1-2-19-6(17)3-5-7(11)14-9(15-10(5)18)8-12-4-13-16-8/h4H,2-3H2,1H3,(H,12,13,16)(H3,11,14,15,18). The Morgan fingerprint density at radius 1 is 1.47 bits per heavy atom. The molecule has 0 spiro atoms. The molecule has 0 atom stereocenters. The van der Waals surface area contributed by atoms with E-state index in [1.165, 1.54) is 6.33 Å². The summed E-state index contributed by atoms with van der Waals surface area (Å²) < 4.78 is 4.75. The molecule has 0 aliphatic carbocycles. The maximum Gasteiger partial charge on any atom is 0.310 e. The van der Waals surface area contributed by atoms with E-state index in [1.54, 1.807) is 6.92 Å². The van der Waals surface area contributed by atoms with E-state index in [0.717, 1.165) is 0 Å². The molecule has 4 N–H and O–H groups in total. The van der Waals surface area contributed by atoms with Crippen molar-refractivity contribution in [3.05, 3.63) is 22.2 Å². The topological polar surface area (TPSA) is 140 Å². The zero-order chi connectivity index (χ0) is 13.8. The second kappa shape index (κ2) is 5.29. The lowest BCUT2D eigenvalue weighted by molar-refractivity contribution is -0.142. The van der Waals surface area contributed by atoms with E-state index in [9.17, 15) is 9.59 Å². The fourth-order valence-corrected chi connectivity index (χ4v) is 1.47. The van der Waals surface area contributed by atoms with Crippen molar-refractivity contribution in [1.82, 2.24) is 25.1 Å². The van der Waals surface area contributed by atoms with E-state index in [1.807, 2.05) is 0 Å². The molecule has 9 nitrogen and oxygen atoms in total. The highest BCUT2D eigenvalue weighted by Crippen LogP contribution is 2.10. The molecule has 19 heavy (non-hydrogen) atoms. The zero-order valence-corrected chi connectivity index (χ0v) is 10.1. The van der Waals surface area contributed by atoms with Gasteiger partial charge in [-0.1, -0.05) is 0 Å². The van der Waals surface area contributed by atoms with Crippen molar-refractivity contribution in [3.8, 4) is 11.6 Å². The Kier molecular flexibility index (Phi) is 3.55. The Morgan fingerprint density at radius 3 is 2.84 bits per heavy atom. The number of hydrogen-bond acceptors (Lipinski definition) is 7. The molecule has 0 unspecified atom stereocenters. The maximum absolute atomic E-state index is 11.9. The molecule has 2 aromatic rings. The molecular weight excluding hydrogens is 252 g/mol. The number of hydrogen-bond donors (Lipinski definition) is 3. The second-order valence-corrected chi connectivity index (χ2v) is 3.59. The number of nitrogens with zero attached hydrogens (tertiary/aromatic N) is 3. The lowest BCUT2D eigenvalue weighted by Gasteiger charge is -2.05. The van der Waals surface area contributed by atoms with Crippen LogP contribution in [0, 0.1) is 0 Å². The number of H-pyrrole nitrogens is 2. The number of carbonyl (C=O) groups excluding carboxylic acids is 1. The van der Waals surface area contributed by atoms with Gasteiger partial charge in [0.05, 0.1) is 18.6 Å². The first-order chi connectivity index (χ1) is 9.11. The van der Waals surface area contributed by atoms with E-state index in [4.69, 9.17) is 10.5 Å². The van der Waals surface area contributed by atoms with Gasteiger partial charge in [0, 0.05) is 0 Å². The van der Waals surface area contributed by atoms with Crippen molar-refractivity contribution in [2.24, 2.45) is 0 Å². The van der Waals surface area contributed by atoms with Crippen LogP contribution in [0.5, 0.6) is 0 Å².